The molecule has 1 rings (SSSR count). The van der Waals surface area contributed by atoms with E-state index < -0.39 is 0 Å². The standard InChI is InChI=1S/C16H27N3O/c1-6-17-10-14-9-13(4)7-8-15(14)19(5)11-16(20)18-12(2)3/h7-9,12,17H,6,10-11H2,1-5H3,(H,18,20). The molecule has 0 saturated carbocycles. The third kappa shape index (κ3) is 5.21. The van der Waals surface area contributed by atoms with Crippen molar-refractivity contribution in [2.24, 2.45) is 0 Å². The van der Waals surface area contributed by atoms with Gasteiger partial charge in [-0.25, -0.2) is 0 Å². The number of amides is 1. The number of nitrogens with one attached hydrogen (secondary N) is 2. The van der Waals surface area contributed by atoms with E-state index in [1.807, 2.05) is 25.8 Å². The van der Waals surface area contributed by atoms with Crippen LogP contribution in [0.1, 0.15) is 31.9 Å². The Morgan fingerprint density at radius 1 is 1.35 bits per heavy atom. The largest absolute Gasteiger partial charge is 0.365 e. The lowest BCUT2D eigenvalue weighted by Crippen LogP contribution is -2.39. The Labute approximate surface area is 122 Å². The van der Waals surface area contributed by atoms with Crippen LogP contribution >= 0.6 is 0 Å². The van der Waals surface area contributed by atoms with E-state index in [4.69, 9.17) is 0 Å². The molecule has 0 spiro atoms. The number of carbonyl (C=O) groups excluding carboxylic acids is 1. The summed E-state index contributed by atoms with van der Waals surface area (Å²) in [7, 11) is 1.96. The topological polar surface area (TPSA) is 44.4 Å². The molecule has 112 valence electrons. The third-order valence-corrected chi connectivity index (χ3v) is 3.04. The molecule has 0 bridgehead atoms. The minimum atomic E-state index is 0.0532. The molecule has 1 aromatic rings. The monoisotopic (exact) mass is 277 g/mol. The zero-order valence-corrected chi connectivity index (χ0v) is 13.3. The quantitative estimate of drug-likeness (QED) is 0.802. The lowest BCUT2D eigenvalue weighted by Gasteiger charge is -2.23. The van der Waals surface area contributed by atoms with Crippen molar-refractivity contribution in [2.75, 3.05) is 25.0 Å². The van der Waals surface area contributed by atoms with E-state index in [0.29, 0.717) is 6.54 Å². The highest BCUT2D eigenvalue weighted by molar-refractivity contribution is 5.81. The molecule has 0 atom stereocenters. The lowest BCUT2D eigenvalue weighted by atomic mass is 10.1. The fraction of sp³-hybridized carbons (Fsp3) is 0.562. The molecular formula is C16H27N3O. The number of nitrogens with zero attached hydrogens (tertiary/aromatic N) is 1. The van der Waals surface area contributed by atoms with Crippen LogP contribution in [0.2, 0.25) is 0 Å². The van der Waals surface area contributed by atoms with E-state index in [2.05, 4.69) is 42.7 Å². The molecule has 1 aromatic carbocycles. The maximum atomic E-state index is 11.9. The second kappa shape index (κ2) is 7.90. The van der Waals surface area contributed by atoms with Crippen LogP contribution in [-0.2, 0) is 11.3 Å². The van der Waals surface area contributed by atoms with Gasteiger partial charge in [-0.15, -0.1) is 0 Å². The highest BCUT2D eigenvalue weighted by Crippen LogP contribution is 2.20. The summed E-state index contributed by atoms with van der Waals surface area (Å²) in [4.78, 5) is 13.9. The highest BCUT2D eigenvalue weighted by Gasteiger charge is 2.11. The number of anilines is 1. The first-order valence-corrected chi connectivity index (χ1v) is 7.24. The first-order valence-electron chi connectivity index (χ1n) is 7.24. The molecule has 0 unspecified atom stereocenters. The Hall–Kier alpha value is -1.55. The highest BCUT2D eigenvalue weighted by atomic mass is 16.2. The third-order valence-electron chi connectivity index (χ3n) is 3.04. The van der Waals surface area contributed by atoms with Gasteiger partial charge < -0.3 is 15.5 Å². The number of carbonyl (C=O) groups is 1. The summed E-state index contributed by atoms with van der Waals surface area (Å²) in [5.74, 6) is 0.0532. The normalized spacial score (nSPS) is 10.7. The number of hydrogen-bond acceptors (Lipinski definition) is 3. The molecule has 0 aromatic heterocycles. The number of hydrogen-bond donors (Lipinski definition) is 2. The molecule has 4 heteroatoms. The summed E-state index contributed by atoms with van der Waals surface area (Å²) < 4.78 is 0. The first kappa shape index (κ1) is 16.5. The molecule has 0 aliphatic carbocycles. The van der Waals surface area contributed by atoms with E-state index in [9.17, 15) is 4.79 Å². The predicted molar refractivity (Wildman–Crippen MR) is 85.1 cm³/mol. The van der Waals surface area contributed by atoms with Gasteiger partial charge in [-0.1, -0.05) is 24.6 Å². The van der Waals surface area contributed by atoms with Crippen LogP contribution in [0.5, 0.6) is 0 Å². The maximum Gasteiger partial charge on any atom is 0.239 e. The number of rotatable bonds is 7. The molecule has 0 radical (unpaired) electrons. The predicted octanol–water partition coefficient (Wildman–Crippen LogP) is 2.07. The SMILES string of the molecule is CCNCc1cc(C)ccc1N(C)CC(=O)NC(C)C. The van der Waals surface area contributed by atoms with E-state index in [1.165, 1.54) is 11.1 Å². The van der Waals surface area contributed by atoms with Crippen LogP contribution in [0.25, 0.3) is 0 Å². The van der Waals surface area contributed by atoms with Gasteiger partial charge in [-0.3, -0.25) is 4.79 Å². The van der Waals surface area contributed by atoms with Crippen LogP contribution in [-0.4, -0.2) is 32.1 Å². The fourth-order valence-corrected chi connectivity index (χ4v) is 2.16. The Morgan fingerprint density at radius 2 is 2.05 bits per heavy atom. The van der Waals surface area contributed by atoms with Gasteiger partial charge >= 0.3 is 0 Å². The summed E-state index contributed by atoms with van der Waals surface area (Å²) in [6.45, 7) is 10.3. The summed E-state index contributed by atoms with van der Waals surface area (Å²) in [5, 5.41) is 6.27. The number of aryl methyl sites for hydroxylation is 1. The zero-order chi connectivity index (χ0) is 15.1. The van der Waals surface area contributed by atoms with E-state index in [0.717, 1.165) is 18.8 Å². The van der Waals surface area contributed by atoms with Crippen molar-refractivity contribution in [3.8, 4) is 0 Å². The Bertz CT molecular complexity index is 443. The smallest absolute Gasteiger partial charge is 0.239 e. The minimum absolute atomic E-state index is 0.0532. The average molecular weight is 277 g/mol. The summed E-state index contributed by atoms with van der Waals surface area (Å²) in [6.07, 6.45) is 0. The van der Waals surface area contributed by atoms with Crippen molar-refractivity contribution >= 4 is 11.6 Å². The summed E-state index contributed by atoms with van der Waals surface area (Å²) in [6, 6.07) is 6.52. The van der Waals surface area contributed by atoms with E-state index >= 15 is 0 Å². The molecule has 1 amide bonds. The summed E-state index contributed by atoms with van der Waals surface area (Å²) >= 11 is 0. The molecule has 0 aliphatic rings. The Morgan fingerprint density at radius 3 is 2.65 bits per heavy atom. The first-order chi connectivity index (χ1) is 9.43. The van der Waals surface area contributed by atoms with Crippen molar-refractivity contribution < 1.29 is 4.79 Å². The van der Waals surface area contributed by atoms with Crippen molar-refractivity contribution in [2.45, 2.75) is 40.3 Å². The number of likely N-dealkylation sites (N-methyl/N-ethyl adjacent to an activating group) is 1. The van der Waals surface area contributed by atoms with Crippen molar-refractivity contribution in [1.29, 1.82) is 0 Å². The Balaban J connectivity index is 2.80. The minimum Gasteiger partial charge on any atom is -0.365 e. The van der Waals surface area contributed by atoms with E-state index in [-0.39, 0.29) is 11.9 Å². The van der Waals surface area contributed by atoms with Crippen LogP contribution in [0, 0.1) is 6.92 Å². The van der Waals surface area contributed by atoms with Gasteiger partial charge in [0.2, 0.25) is 5.91 Å². The van der Waals surface area contributed by atoms with Crippen molar-refractivity contribution in [3.63, 3.8) is 0 Å². The average Bonchev–Trinajstić information content (AvgIpc) is 2.35. The molecule has 4 nitrogen and oxygen atoms in total. The molecule has 0 saturated heterocycles. The van der Waals surface area contributed by atoms with Crippen molar-refractivity contribution in [1.82, 2.24) is 10.6 Å². The van der Waals surface area contributed by atoms with E-state index in [1.54, 1.807) is 0 Å². The second-order valence-electron chi connectivity index (χ2n) is 5.49. The molecule has 0 fully saturated rings. The van der Waals surface area contributed by atoms with Crippen LogP contribution < -0.4 is 15.5 Å². The summed E-state index contributed by atoms with van der Waals surface area (Å²) in [5.41, 5.74) is 3.57. The van der Waals surface area contributed by atoms with Gasteiger partial charge in [0.1, 0.15) is 0 Å². The lowest BCUT2D eigenvalue weighted by molar-refractivity contribution is -0.120. The van der Waals surface area contributed by atoms with Gasteiger partial charge in [0.25, 0.3) is 0 Å². The molecule has 2 N–H and O–H groups in total. The van der Waals surface area contributed by atoms with Gasteiger partial charge in [0, 0.05) is 25.3 Å². The zero-order valence-electron chi connectivity index (χ0n) is 13.3. The number of benzene rings is 1. The molecule has 0 aliphatic heterocycles. The molecule has 0 heterocycles. The Kier molecular flexibility index (Phi) is 6.52. The van der Waals surface area contributed by atoms with Gasteiger partial charge in [0.05, 0.1) is 6.54 Å². The van der Waals surface area contributed by atoms with Crippen LogP contribution in [0.3, 0.4) is 0 Å². The van der Waals surface area contributed by atoms with Gasteiger partial charge in [-0.2, -0.15) is 0 Å². The molecular weight excluding hydrogens is 250 g/mol. The fourth-order valence-electron chi connectivity index (χ4n) is 2.16. The van der Waals surface area contributed by atoms with Crippen LogP contribution in [0.4, 0.5) is 5.69 Å². The van der Waals surface area contributed by atoms with Crippen molar-refractivity contribution in [3.05, 3.63) is 29.3 Å². The molecule has 20 heavy (non-hydrogen) atoms. The van der Waals surface area contributed by atoms with Gasteiger partial charge in [-0.05, 0) is 38.9 Å². The van der Waals surface area contributed by atoms with Gasteiger partial charge in [0.15, 0.2) is 0 Å². The van der Waals surface area contributed by atoms with Crippen LogP contribution in [0.15, 0.2) is 18.2 Å². The maximum absolute atomic E-state index is 11.9. The second-order valence-corrected chi connectivity index (χ2v) is 5.49.